The second-order valence-corrected chi connectivity index (χ2v) is 6.12. The number of piperidine rings is 1. The third kappa shape index (κ3) is 5.93. The Labute approximate surface area is 136 Å². The molecule has 0 radical (unpaired) electrons. The van der Waals surface area contributed by atoms with Gasteiger partial charge in [-0.2, -0.15) is 0 Å². The van der Waals surface area contributed by atoms with Gasteiger partial charge in [0, 0.05) is 13.0 Å². The largest absolute Gasteiger partial charge is 0.481 e. The number of aliphatic hydroxyl groups excluding tert-OH is 1. The van der Waals surface area contributed by atoms with Crippen LogP contribution in [-0.4, -0.2) is 71.5 Å². The highest BCUT2D eigenvalue weighted by Gasteiger charge is 2.29. The Morgan fingerprint density at radius 2 is 1.96 bits per heavy atom. The molecule has 1 fully saturated rings. The van der Waals surface area contributed by atoms with Crippen LogP contribution in [0.5, 0.6) is 0 Å². The quantitative estimate of drug-likeness (QED) is 0.576. The fourth-order valence-corrected chi connectivity index (χ4v) is 3.01. The molecule has 2 aliphatic rings. The zero-order chi connectivity index (χ0) is 16.7. The van der Waals surface area contributed by atoms with Crippen LogP contribution in [0.15, 0.2) is 12.2 Å². The molecular weight excluding hydrogens is 300 g/mol. The summed E-state index contributed by atoms with van der Waals surface area (Å²) in [6.07, 6.45) is 6.10. The summed E-state index contributed by atoms with van der Waals surface area (Å²) in [5.74, 6) is -1.04. The maximum Gasteiger partial charge on any atom is 0.306 e. The summed E-state index contributed by atoms with van der Waals surface area (Å²) in [5, 5.41) is 21.0. The van der Waals surface area contributed by atoms with Crippen molar-refractivity contribution in [3.05, 3.63) is 12.2 Å². The van der Waals surface area contributed by atoms with Crippen LogP contribution in [0.2, 0.25) is 0 Å². The number of likely N-dealkylation sites (tertiary alicyclic amines) is 1. The van der Waals surface area contributed by atoms with E-state index in [0.29, 0.717) is 6.42 Å². The van der Waals surface area contributed by atoms with Crippen molar-refractivity contribution in [1.29, 1.82) is 0 Å². The number of ether oxygens (including phenoxy) is 1. The maximum atomic E-state index is 12.1. The van der Waals surface area contributed by atoms with Crippen LogP contribution in [0.3, 0.4) is 0 Å². The highest BCUT2D eigenvalue weighted by atomic mass is 16.5. The molecule has 2 rings (SSSR count). The number of carbonyl (C=O) groups excluding carboxylic acids is 1. The van der Waals surface area contributed by atoms with Gasteiger partial charge in [0.25, 0.3) is 0 Å². The fraction of sp³-hybridized carbons (Fsp3) is 0.750. The SMILES string of the molecule is O=C(O)C[C@@H]1C=C[C@H](NC(=O)CCN2CCCCC2)[C@H](CO)O1. The molecule has 0 aromatic carbocycles. The van der Waals surface area contributed by atoms with Crippen molar-refractivity contribution in [2.24, 2.45) is 0 Å². The van der Waals surface area contributed by atoms with E-state index in [0.717, 1.165) is 19.6 Å². The van der Waals surface area contributed by atoms with Gasteiger partial charge in [0.05, 0.1) is 25.2 Å². The van der Waals surface area contributed by atoms with Gasteiger partial charge >= 0.3 is 5.97 Å². The van der Waals surface area contributed by atoms with Crippen LogP contribution in [0, 0.1) is 0 Å². The molecule has 2 aliphatic heterocycles. The summed E-state index contributed by atoms with van der Waals surface area (Å²) in [6, 6.07) is -0.418. The number of carboxylic acids is 1. The van der Waals surface area contributed by atoms with Gasteiger partial charge < -0.3 is 25.2 Å². The molecule has 7 nitrogen and oxygen atoms in total. The third-order valence-corrected chi connectivity index (χ3v) is 4.27. The molecule has 2 heterocycles. The lowest BCUT2D eigenvalue weighted by atomic mass is 10.0. The van der Waals surface area contributed by atoms with Crippen molar-refractivity contribution >= 4 is 11.9 Å². The van der Waals surface area contributed by atoms with Gasteiger partial charge in [-0.15, -0.1) is 0 Å². The number of nitrogens with one attached hydrogen (secondary N) is 1. The molecule has 1 saturated heterocycles. The van der Waals surface area contributed by atoms with Gasteiger partial charge in [0.15, 0.2) is 0 Å². The van der Waals surface area contributed by atoms with E-state index in [2.05, 4.69) is 10.2 Å². The average Bonchev–Trinajstić information content (AvgIpc) is 2.55. The summed E-state index contributed by atoms with van der Waals surface area (Å²) < 4.78 is 5.51. The lowest BCUT2D eigenvalue weighted by Gasteiger charge is -2.31. The van der Waals surface area contributed by atoms with Crippen LogP contribution in [0.1, 0.15) is 32.1 Å². The first kappa shape index (κ1) is 17.9. The molecule has 7 heteroatoms. The number of carboxylic acid groups (broad SMARTS) is 1. The van der Waals surface area contributed by atoms with Crippen molar-refractivity contribution in [1.82, 2.24) is 10.2 Å². The second kappa shape index (κ2) is 9.00. The molecule has 3 atom stereocenters. The van der Waals surface area contributed by atoms with Gasteiger partial charge in [-0.25, -0.2) is 0 Å². The van der Waals surface area contributed by atoms with Crippen molar-refractivity contribution in [3.63, 3.8) is 0 Å². The van der Waals surface area contributed by atoms with Crippen molar-refractivity contribution in [3.8, 4) is 0 Å². The predicted octanol–water partition coefficient (Wildman–Crippen LogP) is 0.138. The van der Waals surface area contributed by atoms with Crippen molar-refractivity contribution < 1.29 is 24.5 Å². The number of rotatable bonds is 7. The lowest BCUT2D eigenvalue weighted by molar-refractivity contribution is -0.142. The van der Waals surface area contributed by atoms with Gasteiger partial charge in [0.2, 0.25) is 5.91 Å². The predicted molar refractivity (Wildman–Crippen MR) is 84.0 cm³/mol. The van der Waals surface area contributed by atoms with E-state index in [9.17, 15) is 14.7 Å². The van der Waals surface area contributed by atoms with E-state index in [1.165, 1.54) is 19.3 Å². The van der Waals surface area contributed by atoms with E-state index in [4.69, 9.17) is 9.84 Å². The monoisotopic (exact) mass is 326 g/mol. The Kier molecular flexibility index (Phi) is 7.01. The molecule has 3 N–H and O–H groups in total. The Morgan fingerprint density at radius 1 is 1.22 bits per heavy atom. The third-order valence-electron chi connectivity index (χ3n) is 4.27. The van der Waals surface area contributed by atoms with E-state index in [-0.39, 0.29) is 18.9 Å². The van der Waals surface area contributed by atoms with Gasteiger partial charge in [-0.3, -0.25) is 9.59 Å². The standard InChI is InChI=1S/C16H26N2O5/c19-11-14-13(5-4-12(23-14)10-16(21)22)17-15(20)6-9-18-7-2-1-3-8-18/h4-5,12-14,19H,1-3,6-11H2,(H,17,20)(H,21,22)/t12-,13-,14-/m0/s1. The van der Waals surface area contributed by atoms with Crippen LogP contribution < -0.4 is 5.32 Å². The maximum absolute atomic E-state index is 12.1. The number of hydrogen-bond donors (Lipinski definition) is 3. The molecule has 130 valence electrons. The number of carbonyl (C=O) groups is 2. The number of hydrogen-bond acceptors (Lipinski definition) is 5. The van der Waals surface area contributed by atoms with Crippen molar-refractivity contribution in [2.45, 2.75) is 50.4 Å². The number of aliphatic carboxylic acids is 1. The summed E-state index contributed by atoms with van der Waals surface area (Å²) >= 11 is 0. The molecule has 0 aromatic heterocycles. The summed E-state index contributed by atoms with van der Waals surface area (Å²) in [7, 11) is 0. The Morgan fingerprint density at radius 3 is 2.61 bits per heavy atom. The zero-order valence-corrected chi connectivity index (χ0v) is 13.3. The van der Waals surface area contributed by atoms with Gasteiger partial charge in [-0.1, -0.05) is 18.6 Å². The molecule has 23 heavy (non-hydrogen) atoms. The highest BCUT2D eigenvalue weighted by Crippen LogP contribution is 2.16. The molecular formula is C16H26N2O5. The smallest absolute Gasteiger partial charge is 0.306 e. The normalized spacial score (nSPS) is 28.5. The number of amides is 1. The molecule has 1 amide bonds. The van der Waals surface area contributed by atoms with E-state index in [1.807, 2.05) is 0 Å². The first-order chi connectivity index (χ1) is 11.1. The minimum atomic E-state index is -0.958. The van der Waals surface area contributed by atoms with Crippen LogP contribution in [0.25, 0.3) is 0 Å². The average molecular weight is 326 g/mol. The Balaban J connectivity index is 1.78. The molecule has 0 aromatic rings. The number of nitrogens with zero attached hydrogens (tertiary/aromatic N) is 1. The molecule has 0 bridgehead atoms. The molecule has 0 unspecified atom stereocenters. The van der Waals surface area contributed by atoms with E-state index < -0.39 is 24.2 Å². The molecule has 0 aliphatic carbocycles. The Hall–Kier alpha value is -1.44. The first-order valence-electron chi connectivity index (χ1n) is 8.26. The van der Waals surface area contributed by atoms with E-state index >= 15 is 0 Å². The van der Waals surface area contributed by atoms with Gasteiger partial charge in [-0.05, 0) is 25.9 Å². The van der Waals surface area contributed by atoms with Gasteiger partial charge in [0.1, 0.15) is 6.10 Å². The van der Waals surface area contributed by atoms with E-state index in [1.54, 1.807) is 12.2 Å². The minimum absolute atomic E-state index is 0.0797. The van der Waals surface area contributed by atoms with Crippen molar-refractivity contribution in [2.75, 3.05) is 26.2 Å². The first-order valence-corrected chi connectivity index (χ1v) is 8.26. The minimum Gasteiger partial charge on any atom is -0.481 e. The summed E-state index contributed by atoms with van der Waals surface area (Å²) in [6.45, 7) is 2.58. The van der Waals surface area contributed by atoms with Crippen LogP contribution in [0.4, 0.5) is 0 Å². The Bertz CT molecular complexity index is 434. The van der Waals surface area contributed by atoms with Crippen LogP contribution in [-0.2, 0) is 14.3 Å². The highest BCUT2D eigenvalue weighted by molar-refractivity contribution is 5.76. The topological polar surface area (TPSA) is 99.1 Å². The number of aliphatic hydroxyl groups is 1. The van der Waals surface area contributed by atoms with Crippen LogP contribution >= 0.6 is 0 Å². The molecule has 0 saturated carbocycles. The molecule has 0 spiro atoms. The fourth-order valence-electron chi connectivity index (χ4n) is 3.01. The second-order valence-electron chi connectivity index (χ2n) is 6.12. The summed E-state index contributed by atoms with van der Waals surface area (Å²) in [5.41, 5.74) is 0. The zero-order valence-electron chi connectivity index (χ0n) is 13.3. The summed E-state index contributed by atoms with van der Waals surface area (Å²) in [4.78, 5) is 25.1. The lowest BCUT2D eigenvalue weighted by Crippen LogP contribution is -2.49.